The summed E-state index contributed by atoms with van der Waals surface area (Å²) >= 11 is 0. The molecule has 0 bridgehead atoms. The Balaban J connectivity index is 1.43. The Hall–Kier alpha value is -4.46. The number of imidazole rings is 1. The van der Waals surface area contributed by atoms with Crippen LogP contribution in [0.2, 0.25) is 0 Å². The molecule has 1 aliphatic rings. The molecule has 0 atom stereocenters. The van der Waals surface area contributed by atoms with Crippen LogP contribution in [-0.4, -0.2) is 20.3 Å². The van der Waals surface area contributed by atoms with Crippen molar-refractivity contribution in [1.82, 2.24) is 14.4 Å². The van der Waals surface area contributed by atoms with E-state index in [9.17, 15) is 18.0 Å². The van der Waals surface area contributed by atoms with Crippen LogP contribution in [0.25, 0.3) is 28.0 Å². The second-order valence-corrected chi connectivity index (χ2v) is 8.75. The lowest BCUT2D eigenvalue weighted by Gasteiger charge is -2.12. The van der Waals surface area contributed by atoms with Crippen LogP contribution in [0, 0.1) is 17.5 Å². The number of nitrogens with zero attached hydrogens (tertiary/aromatic N) is 3. The van der Waals surface area contributed by atoms with Crippen molar-refractivity contribution in [2.45, 2.75) is 18.8 Å². The van der Waals surface area contributed by atoms with Crippen LogP contribution >= 0.6 is 0 Å². The molecule has 0 spiro atoms. The number of hydrogen-bond donors (Lipinski definition) is 1. The summed E-state index contributed by atoms with van der Waals surface area (Å²) in [6.07, 6.45) is 6.95. The predicted molar refractivity (Wildman–Crippen MR) is 130 cm³/mol. The fraction of sp³-hybridized carbons (Fsp3) is 0.107. The summed E-state index contributed by atoms with van der Waals surface area (Å²) in [7, 11) is 0. The van der Waals surface area contributed by atoms with Crippen molar-refractivity contribution >= 4 is 17.1 Å². The maximum Gasteiger partial charge on any atom is 0.257 e. The largest absolute Gasteiger partial charge is 0.322 e. The van der Waals surface area contributed by atoms with E-state index in [2.05, 4.69) is 15.3 Å². The standard InChI is InChI=1S/C28H19F3N4O/c29-18-8-10-19(11-9-18)34-28(36)22-13-17(14-32-26(22)16-6-7-16)20-4-2-12-35-24(20)15-33-27(35)21-3-1-5-23(30)25(21)31/h1-5,8-16H,6-7H2,(H,34,36). The van der Waals surface area contributed by atoms with E-state index in [4.69, 9.17) is 0 Å². The van der Waals surface area contributed by atoms with Gasteiger partial charge in [-0.3, -0.25) is 14.2 Å². The highest BCUT2D eigenvalue weighted by Gasteiger charge is 2.30. The molecule has 8 heteroatoms. The third-order valence-electron chi connectivity index (χ3n) is 6.30. The minimum absolute atomic E-state index is 0.0497. The highest BCUT2D eigenvalue weighted by atomic mass is 19.2. The third kappa shape index (κ3) is 3.90. The normalized spacial score (nSPS) is 13.2. The molecule has 3 aromatic heterocycles. The van der Waals surface area contributed by atoms with Gasteiger partial charge in [0.25, 0.3) is 5.91 Å². The molecule has 5 aromatic rings. The molecule has 0 radical (unpaired) electrons. The number of benzene rings is 2. The van der Waals surface area contributed by atoms with Crippen LogP contribution in [0.5, 0.6) is 0 Å². The Bertz CT molecular complexity index is 1620. The lowest BCUT2D eigenvalue weighted by molar-refractivity contribution is 0.102. The van der Waals surface area contributed by atoms with Crippen molar-refractivity contribution in [2.24, 2.45) is 0 Å². The van der Waals surface area contributed by atoms with Gasteiger partial charge in [0.05, 0.1) is 28.5 Å². The molecule has 0 unspecified atom stereocenters. The first kappa shape index (κ1) is 22.0. The molecule has 5 nitrogen and oxygen atoms in total. The molecule has 3 heterocycles. The van der Waals surface area contributed by atoms with Gasteiger partial charge in [0.1, 0.15) is 11.6 Å². The van der Waals surface area contributed by atoms with Gasteiger partial charge in [0.2, 0.25) is 0 Å². The molecular weight excluding hydrogens is 465 g/mol. The maximum absolute atomic E-state index is 14.5. The Labute approximate surface area is 204 Å². The van der Waals surface area contributed by atoms with E-state index >= 15 is 0 Å². The fourth-order valence-corrected chi connectivity index (χ4v) is 4.36. The van der Waals surface area contributed by atoms with Crippen LogP contribution in [0.1, 0.15) is 34.8 Å². The van der Waals surface area contributed by atoms with Crippen LogP contribution < -0.4 is 5.32 Å². The van der Waals surface area contributed by atoms with Gasteiger partial charge >= 0.3 is 0 Å². The number of nitrogens with one attached hydrogen (secondary N) is 1. The minimum atomic E-state index is -0.967. The summed E-state index contributed by atoms with van der Waals surface area (Å²) in [6, 6.07) is 15.0. The summed E-state index contributed by atoms with van der Waals surface area (Å²) in [4.78, 5) is 22.2. The second-order valence-electron chi connectivity index (χ2n) is 8.75. The average Bonchev–Trinajstić information content (AvgIpc) is 3.65. The van der Waals surface area contributed by atoms with E-state index in [0.29, 0.717) is 22.3 Å². The number of rotatable bonds is 5. The average molecular weight is 484 g/mol. The Morgan fingerprint density at radius 1 is 0.917 bits per heavy atom. The molecule has 1 aliphatic carbocycles. The van der Waals surface area contributed by atoms with Gasteiger partial charge in [-0.25, -0.2) is 18.2 Å². The van der Waals surface area contributed by atoms with Gasteiger partial charge in [0, 0.05) is 35.1 Å². The second kappa shape index (κ2) is 8.64. The minimum Gasteiger partial charge on any atom is -0.322 e. The Kier molecular flexibility index (Phi) is 5.29. The Morgan fingerprint density at radius 3 is 2.47 bits per heavy atom. The molecule has 1 fully saturated rings. The van der Waals surface area contributed by atoms with Crippen molar-refractivity contribution in [2.75, 3.05) is 5.32 Å². The Morgan fingerprint density at radius 2 is 1.69 bits per heavy atom. The molecule has 0 saturated heterocycles. The van der Waals surface area contributed by atoms with Crippen molar-refractivity contribution < 1.29 is 18.0 Å². The molecule has 1 amide bonds. The SMILES string of the molecule is O=C(Nc1ccc(F)cc1)c1cc(-c2cccn3c(-c4cccc(F)c4F)ncc23)cnc1C1CC1. The summed E-state index contributed by atoms with van der Waals surface area (Å²) in [5.41, 5.74) is 3.77. The zero-order valence-electron chi connectivity index (χ0n) is 18.9. The number of anilines is 1. The molecule has 2 aromatic carbocycles. The van der Waals surface area contributed by atoms with Gasteiger partial charge in [-0.2, -0.15) is 0 Å². The number of carbonyl (C=O) groups is 1. The van der Waals surface area contributed by atoms with Gasteiger partial charge < -0.3 is 5.32 Å². The van der Waals surface area contributed by atoms with E-state index in [1.165, 1.54) is 36.4 Å². The zero-order chi connectivity index (χ0) is 24.8. The smallest absolute Gasteiger partial charge is 0.257 e. The van der Waals surface area contributed by atoms with Gasteiger partial charge in [0.15, 0.2) is 11.6 Å². The molecule has 36 heavy (non-hydrogen) atoms. The molecule has 6 rings (SSSR count). The molecule has 1 N–H and O–H groups in total. The molecule has 178 valence electrons. The van der Waals surface area contributed by atoms with Crippen molar-refractivity contribution in [3.63, 3.8) is 0 Å². The zero-order valence-corrected chi connectivity index (χ0v) is 18.9. The van der Waals surface area contributed by atoms with Gasteiger partial charge in [-0.15, -0.1) is 0 Å². The van der Waals surface area contributed by atoms with E-state index in [0.717, 1.165) is 30.2 Å². The molecular formula is C28H19F3N4O. The first-order valence-corrected chi connectivity index (χ1v) is 11.5. The van der Waals surface area contributed by atoms with E-state index in [-0.39, 0.29) is 29.0 Å². The fourth-order valence-electron chi connectivity index (χ4n) is 4.36. The number of carbonyl (C=O) groups excluding carboxylic acids is 1. The number of halogens is 3. The lowest BCUT2D eigenvalue weighted by Crippen LogP contribution is -2.15. The van der Waals surface area contributed by atoms with Crippen molar-refractivity contribution in [3.05, 3.63) is 108 Å². The summed E-state index contributed by atoms with van der Waals surface area (Å²) in [5, 5.41) is 2.82. The van der Waals surface area contributed by atoms with Crippen LogP contribution in [0.3, 0.4) is 0 Å². The maximum atomic E-state index is 14.5. The quantitative estimate of drug-likeness (QED) is 0.305. The molecule has 1 saturated carbocycles. The van der Waals surface area contributed by atoms with E-state index in [1.54, 1.807) is 35.1 Å². The van der Waals surface area contributed by atoms with Gasteiger partial charge in [-0.1, -0.05) is 12.1 Å². The van der Waals surface area contributed by atoms with E-state index in [1.807, 2.05) is 6.07 Å². The van der Waals surface area contributed by atoms with E-state index < -0.39 is 11.6 Å². The highest BCUT2D eigenvalue weighted by molar-refractivity contribution is 6.06. The molecule has 0 aliphatic heterocycles. The summed E-state index contributed by atoms with van der Waals surface area (Å²) in [5.74, 6) is -2.15. The van der Waals surface area contributed by atoms with Gasteiger partial charge in [-0.05, 0) is 61.4 Å². The first-order chi connectivity index (χ1) is 17.5. The summed E-state index contributed by atoms with van der Waals surface area (Å²) in [6.45, 7) is 0. The van der Waals surface area contributed by atoms with Crippen LogP contribution in [-0.2, 0) is 0 Å². The number of amides is 1. The van der Waals surface area contributed by atoms with Crippen LogP contribution in [0.15, 0.2) is 79.3 Å². The summed E-state index contributed by atoms with van der Waals surface area (Å²) < 4.78 is 43.3. The number of pyridine rings is 2. The lowest BCUT2D eigenvalue weighted by atomic mass is 10.0. The third-order valence-corrected chi connectivity index (χ3v) is 6.30. The number of hydrogen-bond acceptors (Lipinski definition) is 3. The first-order valence-electron chi connectivity index (χ1n) is 11.5. The number of fused-ring (bicyclic) bond motifs is 1. The van der Waals surface area contributed by atoms with Crippen molar-refractivity contribution in [1.29, 1.82) is 0 Å². The van der Waals surface area contributed by atoms with Crippen LogP contribution in [0.4, 0.5) is 18.9 Å². The predicted octanol–water partition coefficient (Wildman–Crippen LogP) is 6.61. The topological polar surface area (TPSA) is 59.3 Å². The van der Waals surface area contributed by atoms with Crippen molar-refractivity contribution in [3.8, 4) is 22.5 Å². The number of aromatic nitrogens is 3. The highest BCUT2D eigenvalue weighted by Crippen LogP contribution is 2.41. The monoisotopic (exact) mass is 484 g/mol.